The number of unbranched alkanes of at least 4 members (excludes halogenated alkanes) is 9. The normalized spacial score (nSPS) is 16.6. The number of carbonyl (C=O) groups excluding carboxylic acids is 2. The first kappa shape index (κ1) is 26.3. The molecule has 0 saturated carbocycles. The Morgan fingerprint density at radius 2 is 1.71 bits per heavy atom. The number of H-pyrrole nitrogens is 1. The maximum atomic E-state index is 13.1. The average Bonchev–Trinajstić information content (AvgIpc) is 3.53. The molecule has 6 nitrogen and oxygen atoms in total. The maximum absolute atomic E-state index is 13.1. The minimum absolute atomic E-state index is 0.0728. The SMILES string of the molecule is CCCCCCCCCCCCNC(=O)[C@H](Cc1c[nH]c2ccccc12)NC(=O)[C@@H]1CCCN1. The lowest BCUT2D eigenvalue weighted by atomic mass is 10.0. The van der Waals surface area contributed by atoms with Crippen molar-refractivity contribution in [2.75, 3.05) is 13.1 Å². The number of nitrogens with one attached hydrogen (secondary N) is 4. The van der Waals surface area contributed by atoms with Crippen molar-refractivity contribution in [3.05, 3.63) is 36.0 Å². The van der Waals surface area contributed by atoms with Gasteiger partial charge in [-0.2, -0.15) is 0 Å². The fourth-order valence-corrected chi connectivity index (χ4v) is 4.86. The van der Waals surface area contributed by atoms with E-state index >= 15 is 0 Å². The molecule has 0 radical (unpaired) electrons. The second-order valence-corrected chi connectivity index (χ2v) is 9.75. The minimum Gasteiger partial charge on any atom is -0.361 e. The summed E-state index contributed by atoms with van der Waals surface area (Å²) in [6, 6.07) is 7.31. The fraction of sp³-hybridized carbons (Fsp3) is 0.643. The molecule has 1 aliphatic heterocycles. The highest BCUT2D eigenvalue weighted by molar-refractivity contribution is 5.91. The summed E-state index contributed by atoms with van der Waals surface area (Å²) in [5.41, 5.74) is 2.10. The second-order valence-electron chi connectivity index (χ2n) is 9.75. The standard InChI is InChI=1S/C28H44N4O2/c1-2-3-4-5-6-7-8-9-10-13-18-30-27(33)26(32-28(34)25-17-14-19-29-25)20-22-21-31-24-16-12-11-15-23(22)24/h11-12,15-16,21,25-26,29,31H,2-10,13-14,17-20H2,1H3,(H,30,33)(H,32,34)/t25-,26-/m0/s1. The van der Waals surface area contributed by atoms with Crippen LogP contribution in [-0.2, 0) is 16.0 Å². The van der Waals surface area contributed by atoms with E-state index in [4.69, 9.17) is 0 Å². The summed E-state index contributed by atoms with van der Waals surface area (Å²) in [5, 5.41) is 10.4. The lowest BCUT2D eigenvalue weighted by Crippen LogP contribution is -2.52. The second kappa shape index (κ2) is 14.8. The Bertz CT molecular complexity index is 872. The van der Waals surface area contributed by atoms with Crippen molar-refractivity contribution in [1.82, 2.24) is 20.9 Å². The highest BCUT2D eigenvalue weighted by Gasteiger charge is 2.28. The predicted molar refractivity (Wildman–Crippen MR) is 140 cm³/mol. The van der Waals surface area contributed by atoms with Crippen LogP contribution in [0, 0.1) is 0 Å². The summed E-state index contributed by atoms with van der Waals surface area (Å²) in [5.74, 6) is -0.163. The van der Waals surface area contributed by atoms with Gasteiger partial charge in [0.2, 0.25) is 11.8 Å². The number of para-hydroxylation sites is 1. The molecule has 188 valence electrons. The molecule has 0 unspecified atom stereocenters. The molecular formula is C28H44N4O2. The molecule has 1 saturated heterocycles. The third-order valence-electron chi connectivity index (χ3n) is 6.94. The van der Waals surface area contributed by atoms with Crippen molar-refractivity contribution >= 4 is 22.7 Å². The molecule has 4 N–H and O–H groups in total. The quantitative estimate of drug-likeness (QED) is 0.262. The van der Waals surface area contributed by atoms with E-state index in [1.165, 1.54) is 51.4 Å². The monoisotopic (exact) mass is 468 g/mol. The van der Waals surface area contributed by atoms with E-state index in [0.29, 0.717) is 13.0 Å². The van der Waals surface area contributed by atoms with Gasteiger partial charge in [-0.3, -0.25) is 9.59 Å². The Morgan fingerprint density at radius 3 is 2.41 bits per heavy atom. The third-order valence-corrected chi connectivity index (χ3v) is 6.94. The molecule has 2 heterocycles. The topological polar surface area (TPSA) is 86.0 Å². The summed E-state index contributed by atoms with van der Waals surface area (Å²) < 4.78 is 0. The fourth-order valence-electron chi connectivity index (χ4n) is 4.86. The van der Waals surface area contributed by atoms with Gasteiger partial charge in [-0.15, -0.1) is 0 Å². The number of aromatic nitrogens is 1. The zero-order valence-electron chi connectivity index (χ0n) is 21.0. The first-order valence-electron chi connectivity index (χ1n) is 13.6. The van der Waals surface area contributed by atoms with Crippen LogP contribution in [0.4, 0.5) is 0 Å². The minimum atomic E-state index is -0.572. The van der Waals surface area contributed by atoms with Gasteiger partial charge in [-0.25, -0.2) is 0 Å². The molecule has 1 aromatic heterocycles. The van der Waals surface area contributed by atoms with Crippen molar-refractivity contribution in [3.8, 4) is 0 Å². The Morgan fingerprint density at radius 1 is 1.00 bits per heavy atom. The zero-order chi connectivity index (χ0) is 24.0. The summed E-state index contributed by atoms with van der Waals surface area (Å²) in [6.45, 7) is 3.78. The lowest BCUT2D eigenvalue weighted by Gasteiger charge is -2.20. The van der Waals surface area contributed by atoms with Gasteiger partial charge in [0.15, 0.2) is 0 Å². The molecular weight excluding hydrogens is 424 g/mol. The van der Waals surface area contributed by atoms with Crippen molar-refractivity contribution in [2.24, 2.45) is 0 Å². The van der Waals surface area contributed by atoms with E-state index in [9.17, 15) is 9.59 Å². The summed E-state index contributed by atoms with van der Waals surface area (Å²) in [6.07, 6.45) is 17.0. The van der Waals surface area contributed by atoms with Gasteiger partial charge in [0.05, 0.1) is 6.04 Å². The van der Waals surface area contributed by atoms with E-state index < -0.39 is 6.04 Å². The van der Waals surface area contributed by atoms with E-state index in [2.05, 4.69) is 33.9 Å². The smallest absolute Gasteiger partial charge is 0.242 e. The van der Waals surface area contributed by atoms with E-state index in [1.54, 1.807) is 0 Å². The first-order valence-corrected chi connectivity index (χ1v) is 13.6. The number of carbonyl (C=O) groups is 2. The molecule has 0 spiro atoms. The number of hydrogen-bond donors (Lipinski definition) is 4. The van der Waals surface area contributed by atoms with Gasteiger partial charge >= 0.3 is 0 Å². The number of fused-ring (bicyclic) bond motifs is 1. The molecule has 2 aromatic rings. The van der Waals surface area contributed by atoms with Crippen LogP contribution >= 0.6 is 0 Å². The molecule has 2 amide bonds. The summed E-state index contributed by atoms with van der Waals surface area (Å²) >= 11 is 0. The molecule has 3 rings (SSSR count). The summed E-state index contributed by atoms with van der Waals surface area (Å²) in [7, 11) is 0. The Kier molecular flexibility index (Phi) is 11.5. The molecule has 34 heavy (non-hydrogen) atoms. The molecule has 1 aromatic carbocycles. The van der Waals surface area contributed by atoms with Crippen LogP contribution in [0.25, 0.3) is 10.9 Å². The van der Waals surface area contributed by atoms with Crippen LogP contribution in [-0.4, -0.2) is 42.0 Å². The maximum Gasteiger partial charge on any atom is 0.242 e. The van der Waals surface area contributed by atoms with E-state index in [0.717, 1.165) is 48.7 Å². The molecule has 0 aliphatic carbocycles. The Hall–Kier alpha value is -2.34. The van der Waals surface area contributed by atoms with Gasteiger partial charge in [0, 0.05) is 30.1 Å². The predicted octanol–water partition coefficient (Wildman–Crippen LogP) is 4.98. The van der Waals surface area contributed by atoms with Crippen LogP contribution in [0.1, 0.15) is 89.5 Å². The van der Waals surface area contributed by atoms with Crippen LogP contribution in [0.3, 0.4) is 0 Å². The molecule has 1 aliphatic rings. The van der Waals surface area contributed by atoms with Gasteiger partial charge in [-0.1, -0.05) is 82.9 Å². The first-order chi connectivity index (χ1) is 16.7. The van der Waals surface area contributed by atoms with Crippen LogP contribution in [0.15, 0.2) is 30.5 Å². The average molecular weight is 469 g/mol. The highest BCUT2D eigenvalue weighted by atomic mass is 16.2. The van der Waals surface area contributed by atoms with Crippen molar-refractivity contribution < 1.29 is 9.59 Å². The number of rotatable bonds is 16. The number of benzene rings is 1. The molecule has 2 atom stereocenters. The highest BCUT2D eigenvalue weighted by Crippen LogP contribution is 2.19. The van der Waals surface area contributed by atoms with Crippen LogP contribution in [0.5, 0.6) is 0 Å². The Labute approximate surface area is 205 Å². The van der Waals surface area contributed by atoms with E-state index in [1.807, 2.05) is 24.4 Å². The lowest BCUT2D eigenvalue weighted by molar-refractivity contribution is -0.129. The van der Waals surface area contributed by atoms with Crippen LogP contribution < -0.4 is 16.0 Å². The summed E-state index contributed by atoms with van der Waals surface area (Å²) in [4.78, 5) is 29.1. The van der Waals surface area contributed by atoms with Gasteiger partial charge in [0.25, 0.3) is 0 Å². The Balaban J connectivity index is 1.43. The number of aromatic amines is 1. The van der Waals surface area contributed by atoms with Crippen LogP contribution in [0.2, 0.25) is 0 Å². The van der Waals surface area contributed by atoms with E-state index in [-0.39, 0.29) is 17.9 Å². The molecule has 6 heteroatoms. The molecule has 1 fully saturated rings. The number of amides is 2. The van der Waals surface area contributed by atoms with Crippen molar-refractivity contribution in [2.45, 2.75) is 102 Å². The third kappa shape index (κ3) is 8.46. The zero-order valence-corrected chi connectivity index (χ0v) is 21.0. The molecule has 0 bridgehead atoms. The number of hydrogen-bond acceptors (Lipinski definition) is 3. The van der Waals surface area contributed by atoms with Crippen molar-refractivity contribution in [3.63, 3.8) is 0 Å². The largest absolute Gasteiger partial charge is 0.361 e. The van der Waals surface area contributed by atoms with Gasteiger partial charge in [0.1, 0.15) is 6.04 Å². The van der Waals surface area contributed by atoms with Gasteiger partial charge < -0.3 is 20.9 Å². The van der Waals surface area contributed by atoms with Gasteiger partial charge in [-0.05, 0) is 37.4 Å². The van der Waals surface area contributed by atoms with Crippen molar-refractivity contribution in [1.29, 1.82) is 0 Å².